The fraction of sp³-hybridized carbons (Fsp3) is 0.143. The number of anilines is 1. The van der Waals surface area contributed by atoms with E-state index in [0.717, 1.165) is 15.8 Å². The first-order chi connectivity index (χ1) is 9.15. The molecule has 1 aromatic carbocycles. The molecule has 0 aliphatic carbocycles. The molecule has 0 radical (unpaired) electrons. The number of carbonyl (C=O) groups is 1. The second-order valence-electron chi connectivity index (χ2n) is 4.36. The minimum absolute atomic E-state index is 0.205. The van der Waals surface area contributed by atoms with E-state index in [-0.39, 0.29) is 5.91 Å². The van der Waals surface area contributed by atoms with Gasteiger partial charge in [-0.05, 0) is 31.0 Å². The summed E-state index contributed by atoms with van der Waals surface area (Å²) in [4.78, 5) is 16.4. The van der Waals surface area contributed by atoms with Crippen LogP contribution in [0.3, 0.4) is 0 Å². The Morgan fingerprint density at radius 1 is 1.26 bits per heavy atom. The van der Waals surface area contributed by atoms with Gasteiger partial charge in [-0.15, -0.1) is 0 Å². The van der Waals surface area contributed by atoms with Crippen molar-refractivity contribution >= 4 is 32.6 Å². The van der Waals surface area contributed by atoms with Crippen LogP contribution in [0.2, 0.25) is 0 Å². The van der Waals surface area contributed by atoms with E-state index < -0.39 is 0 Å². The molecule has 0 fully saturated rings. The number of aryl methyl sites for hydroxylation is 2. The van der Waals surface area contributed by atoms with E-state index >= 15 is 0 Å². The molecule has 0 saturated heterocycles. The lowest BCUT2D eigenvalue weighted by Gasteiger charge is -1.96. The normalized spacial score (nSPS) is 10.8. The van der Waals surface area contributed by atoms with E-state index in [2.05, 4.69) is 16.4 Å². The van der Waals surface area contributed by atoms with Gasteiger partial charge in [0.2, 0.25) is 0 Å². The second-order valence-corrected chi connectivity index (χ2v) is 5.36. The summed E-state index contributed by atoms with van der Waals surface area (Å²) in [6, 6.07) is 5.73. The highest BCUT2D eigenvalue weighted by atomic mass is 32.1. The number of thiazole rings is 1. The molecule has 96 valence electrons. The summed E-state index contributed by atoms with van der Waals surface area (Å²) in [5.41, 5.74) is 3.72. The number of carbonyl (C=O) groups excluding carboxylic acids is 1. The maximum atomic E-state index is 11.9. The molecule has 0 spiro atoms. The van der Waals surface area contributed by atoms with Crippen molar-refractivity contribution in [1.82, 2.24) is 4.98 Å². The van der Waals surface area contributed by atoms with E-state index in [1.807, 2.05) is 19.9 Å². The Morgan fingerprint density at radius 2 is 2.05 bits per heavy atom. The SMILES string of the molecule is Cc1ccc(C)c2sc(NC(=O)c3ccoc3)nc12. The Hall–Kier alpha value is -2.14. The predicted molar refractivity (Wildman–Crippen MR) is 75.8 cm³/mol. The molecule has 4 nitrogen and oxygen atoms in total. The highest BCUT2D eigenvalue weighted by Crippen LogP contribution is 2.31. The quantitative estimate of drug-likeness (QED) is 0.772. The minimum Gasteiger partial charge on any atom is -0.472 e. The van der Waals surface area contributed by atoms with Gasteiger partial charge in [-0.2, -0.15) is 0 Å². The lowest BCUT2D eigenvalue weighted by Crippen LogP contribution is -2.10. The van der Waals surface area contributed by atoms with Gasteiger partial charge in [-0.3, -0.25) is 10.1 Å². The van der Waals surface area contributed by atoms with E-state index in [1.165, 1.54) is 29.4 Å². The topological polar surface area (TPSA) is 55.1 Å². The highest BCUT2D eigenvalue weighted by Gasteiger charge is 2.12. The summed E-state index contributed by atoms with van der Waals surface area (Å²) in [6.07, 6.45) is 2.89. The molecule has 2 aromatic heterocycles. The number of rotatable bonds is 2. The van der Waals surface area contributed by atoms with Crippen molar-refractivity contribution in [2.24, 2.45) is 0 Å². The van der Waals surface area contributed by atoms with Crippen molar-refractivity contribution in [3.8, 4) is 0 Å². The number of aromatic nitrogens is 1. The van der Waals surface area contributed by atoms with Crippen molar-refractivity contribution < 1.29 is 9.21 Å². The largest absolute Gasteiger partial charge is 0.472 e. The van der Waals surface area contributed by atoms with Crippen LogP contribution in [0.15, 0.2) is 35.1 Å². The monoisotopic (exact) mass is 272 g/mol. The summed E-state index contributed by atoms with van der Waals surface area (Å²) in [6.45, 7) is 4.06. The van der Waals surface area contributed by atoms with Crippen molar-refractivity contribution in [2.75, 3.05) is 5.32 Å². The first kappa shape index (κ1) is 11.9. The van der Waals surface area contributed by atoms with Crippen LogP contribution in [-0.4, -0.2) is 10.9 Å². The van der Waals surface area contributed by atoms with Crippen LogP contribution >= 0.6 is 11.3 Å². The first-order valence-electron chi connectivity index (χ1n) is 5.85. The fourth-order valence-electron chi connectivity index (χ4n) is 1.88. The standard InChI is InChI=1S/C14H12N2O2S/c1-8-3-4-9(2)12-11(8)15-14(19-12)16-13(17)10-5-6-18-7-10/h3-7H,1-2H3,(H,15,16,17). The van der Waals surface area contributed by atoms with Crippen LogP contribution in [-0.2, 0) is 0 Å². The third-order valence-electron chi connectivity index (χ3n) is 2.95. The summed E-state index contributed by atoms with van der Waals surface area (Å²) in [5.74, 6) is -0.205. The Morgan fingerprint density at radius 3 is 2.74 bits per heavy atom. The zero-order valence-electron chi connectivity index (χ0n) is 10.6. The van der Waals surface area contributed by atoms with Crippen LogP contribution in [0.25, 0.3) is 10.2 Å². The molecule has 1 N–H and O–H groups in total. The zero-order chi connectivity index (χ0) is 13.4. The van der Waals surface area contributed by atoms with Gasteiger partial charge in [-0.1, -0.05) is 23.5 Å². The Labute approximate surface area is 114 Å². The number of hydrogen-bond acceptors (Lipinski definition) is 4. The zero-order valence-corrected chi connectivity index (χ0v) is 11.4. The predicted octanol–water partition coefficient (Wildman–Crippen LogP) is 3.76. The Bertz CT molecular complexity index is 705. The van der Waals surface area contributed by atoms with Crippen LogP contribution in [0, 0.1) is 13.8 Å². The fourth-order valence-corrected chi connectivity index (χ4v) is 2.88. The van der Waals surface area contributed by atoms with Gasteiger partial charge in [0.25, 0.3) is 5.91 Å². The maximum Gasteiger partial charge on any atom is 0.260 e. The van der Waals surface area contributed by atoms with Gasteiger partial charge in [-0.25, -0.2) is 4.98 Å². The molecule has 0 saturated carbocycles. The first-order valence-corrected chi connectivity index (χ1v) is 6.67. The molecule has 3 aromatic rings. The van der Waals surface area contributed by atoms with Crippen molar-refractivity contribution in [3.05, 3.63) is 47.4 Å². The number of fused-ring (bicyclic) bond motifs is 1. The molecule has 5 heteroatoms. The number of benzene rings is 1. The average molecular weight is 272 g/mol. The third-order valence-corrected chi connectivity index (χ3v) is 4.05. The summed E-state index contributed by atoms with van der Waals surface area (Å²) in [5, 5.41) is 3.41. The smallest absolute Gasteiger partial charge is 0.260 e. The van der Waals surface area contributed by atoms with Crippen molar-refractivity contribution in [1.29, 1.82) is 0 Å². The third kappa shape index (κ3) is 2.13. The summed E-state index contributed by atoms with van der Waals surface area (Å²) < 4.78 is 6.01. The maximum absolute atomic E-state index is 11.9. The van der Waals surface area contributed by atoms with Crippen molar-refractivity contribution in [2.45, 2.75) is 13.8 Å². The van der Waals surface area contributed by atoms with Gasteiger partial charge in [0, 0.05) is 0 Å². The molecule has 2 heterocycles. The van der Waals surface area contributed by atoms with Crippen LogP contribution in [0.1, 0.15) is 21.5 Å². The van der Waals surface area contributed by atoms with Gasteiger partial charge in [0.05, 0.1) is 22.0 Å². The molecule has 0 atom stereocenters. The van der Waals surface area contributed by atoms with Gasteiger partial charge >= 0.3 is 0 Å². The average Bonchev–Trinajstić information content (AvgIpc) is 3.02. The molecule has 0 bridgehead atoms. The lowest BCUT2D eigenvalue weighted by molar-refractivity contribution is 0.102. The minimum atomic E-state index is -0.205. The Balaban J connectivity index is 1.96. The highest BCUT2D eigenvalue weighted by molar-refractivity contribution is 7.22. The Kier molecular flexibility index (Phi) is 2.83. The number of furan rings is 1. The molecule has 0 unspecified atom stereocenters. The van der Waals surface area contributed by atoms with E-state index in [1.54, 1.807) is 6.07 Å². The summed E-state index contributed by atoms with van der Waals surface area (Å²) in [7, 11) is 0. The molecular formula is C14H12N2O2S. The van der Waals surface area contributed by atoms with Crippen molar-refractivity contribution in [3.63, 3.8) is 0 Å². The van der Waals surface area contributed by atoms with Gasteiger partial charge < -0.3 is 4.42 Å². The molecule has 3 rings (SSSR count). The van der Waals surface area contributed by atoms with E-state index in [4.69, 9.17) is 4.42 Å². The molecule has 19 heavy (non-hydrogen) atoms. The van der Waals surface area contributed by atoms with Gasteiger partial charge in [0.15, 0.2) is 5.13 Å². The molecule has 0 aliphatic heterocycles. The van der Waals surface area contributed by atoms with E-state index in [9.17, 15) is 4.79 Å². The lowest BCUT2D eigenvalue weighted by atomic mass is 10.1. The number of nitrogens with one attached hydrogen (secondary N) is 1. The summed E-state index contributed by atoms with van der Waals surface area (Å²) >= 11 is 1.49. The van der Waals surface area contributed by atoms with Crippen LogP contribution in [0.5, 0.6) is 0 Å². The molecule has 1 amide bonds. The number of nitrogens with zero attached hydrogens (tertiary/aromatic N) is 1. The van der Waals surface area contributed by atoms with E-state index in [0.29, 0.717) is 10.7 Å². The second kappa shape index (κ2) is 4.51. The number of amides is 1. The van der Waals surface area contributed by atoms with Crippen LogP contribution in [0.4, 0.5) is 5.13 Å². The molecule has 0 aliphatic rings. The van der Waals surface area contributed by atoms with Gasteiger partial charge in [0.1, 0.15) is 6.26 Å². The van der Waals surface area contributed by atoms with Crippen LogP contribution < -0.4 is 5.32 Å². The number of hydrogen-bond donors (Lipinski definition) is 1. The molecular weight excluding hydrogens is 260 g/mol.